The van der Waals surface area contributed by atoms with Crippen LogP contribution in [0.25, 0.3) is 11.0 Å². The molecule has 0 bridgehead atoms. The Hall–Kier alpha value is -3.83. The fraction of sp³-hybridized carbons (Fsp3) is 0.345. The first-order valence-electron chi connectivity index (χ1n) is 13.0. The van der Waals surface area contributed by atoms with Crippen molar-refractivity contribution in [1.82, 2.24) is 19.4 Å². The van der Waals surface area contributed by atoms with Crippen molar-refractivity contribution >= 4 is 28.6 Å². The Kier molecular flexibility index (Phi) is 8.65. The fourth-order valence-electron chi connectivity index (χ4n) is 4.98. The average Bonchev–Trinajstić information content (AvgIpc) is 3.27. The van der Waals surface area contributed by atoms with Gasteiger partial charge < -0.3 is 18.8 Å². The van der Waals surface area contributed by atoms with E-state index in [1.807, 2.05) is 12.1 Å². The monoisotopic (exact) mass is 588 g/mol. The van der Waals surface area contributed by atoms with Crippen LogP contribution >= 0.6 is 11.6 Å². The minimum atomic E-state index is -3.06. The number of likely N-dealkylation sites (tertiary alicyclic amines) is 1. The summed E-state index contributed by atoms with van der Waals surface area (Å²) in [7, 11) is 3.00. The number of piperidine rings is 1. The van der Waals surface area contributed by atoms with Gasteiger partial charge in [0, 0.05) is 35.3 Å². The lowest BCUT2D eigenvalue weighted by Gasteiger charge is -2.31. The van der Waals surface area contributed by atoms with E-state index in [2.05, 4.69) is 19.6 Å². The lowest BCUT2D eigenvalue weighted by Crippen LogP contribution is -2.33. The first kappa shape index (κ1) is 28.7. The molecular weight excluding hydrogens is 561 g/mol. The van der Waals surface area contributed by atoms with Crippen LogP contribution in [0.4, 0.5) is 13.2 Å². The van der Waals surface area contributed by atoms with Crippen molar-refractivity contribution in [2.75, 3.05) is 20.2 Å². The molecule has 41 heavy (non-hydrogen) atoms. The number of carbonyl (C=O) groups excluding carboxylic acids is 1. The van der Waals surface area contributed by atoms with Crippen LogP contribution in [0.3, 0.4) is 0 Å². The minimum Gasteiger partial charge on any atom is -0.473 e. The zero-order valence-corrected chi connectivity index (χ0v) is 23.2. The molecule has 12 heteroatoms. The molecule has 0 spiro atoms. The third-order valence-electron chi connectivity index (χ3n) is 7.19. The first-order valence-corrected chi connectivity index (χ1v) is 13.4. The third kappa shape index (κ3) is 6.57. The van der Waals surface area contributed by atoms with Crippen molar-refractivity contribution in [1.29, 1.82) is 0 Å². The summed E-state index contributed by atoms with van der Waals surface area (Å²) in [6.45, 7) is -0.995. The van der Waals surface area contributed by atoms with Gasteiger partial charge in [0.25, 0.3) is 0 Å². The zero-order valence-electron chi connectivity index (χ0n) is 22.4. The van der Waals surface area contributed by atoms with Gasteiger partial charge in [-0.05, 0) is 56.3 Å². The number of pyridine rings is 1. The SMILES string of the molecule is COC(=O)c1cc(OC(F)F)c2nc(CN3CCC(c4cccc(OCc5ccc(Cl)cc5F)n4)CC3)n(C)c2c1. The molecule has 0 aliphatic carbocycles. The molecule has 5 rings (SSSR count). The average molecular weight is 589 g/mol. The summed E-state index contributed by atoms with van der Waals surface area (Å²) >= 11 is 5.82. The van der Waals surface area contributed by atoms with Crippen molar-refractivity contribution in [3.63, 3.8) is 0 Å². The van der Waals surface area contributed by atoms with Crippen LogP contribution in [-0.2, 0) is 24.9 Å². The second-order valence-electron chi connectivity index (χ2n) is 9.77. The van der Waals surface area contributed by atoms with Crippen molar-refractivity contribution in [2.45, 2.75) is 38.5 Å². The molecule has 216 valence electrons. The van der Waals surface area contributed by atoms with E-state index in [9.17, 15) is 18.0 Å². The number of hydrogen-bond donors (Lipinski definition) is 0. The maximum atomic E-state index is 14.1. The molecule has 4 aromatic rings. The van der Waals surface area contributed by atoms with E-state index in [0.717, 1.165) is 31.6 Å². The molecule has 8 nitrogen and oxygen atoms in total. The molecule has 0 unspecified atom stereocenters. The van der Waals surface area contributed by atoms with E-state index in [0.29, 0.717) is 34.4 Å². The Morgan fingerprint density at radius 2 is 1.90 bits per heavy atom. The normalized spacial score (nSPS) is 14.5. The first-order chi connectivity index (χ1) is 19.7. The van der Waals surface area contributed by atoms with Gasteiger partial charge in [0.05, 0.1) is 24.7 Å². The van der Waals surface area contributed by atoms with E-state index >= 15 is 0 Å². The maximum Gasteiger partial charge on any atom is 0.387 e. The van der Waals surface area contributed by atoms with E-state index in [1.165, 1.54) is 19.2 Å². The van der Waals surface area contributed by atoms with Crippen LogP contribution < -0.4 is 9.47 Å². The number of carbonyl (C=O) groups is 1. The number of fused-ring (bicyclic) bond motifs is 1. The van der Waals surface area contributed by atoms with Gasteiger partial charge >= 0.3 is 12.6 Å². The molecule has 2 aromatic heterocycles. The molecule has 0 N–H and O–H groups in total. The minimum absolute atomic E-state index is 0.0428. The number of halogens is 4. The predicted octanol–water partition coefficient (Wildman–Crippen LogP) is 6.11. The van der Waals surface area contributed by atoms with Gasteiger partial charge in [-0.25, -0.2) is 19.2 Å². The molecule has 0 saturated carbocycles. The van der Waals surface area contributed by atoms with Crippen LogP contribution in [0.2, 0.25) is 5.02 Å². The van der Waals surface area contributed by atoms with Crippen LogP contribution in [0.5, 0.6) is 11.6 Å². The number of esters is 1. The van der Waals surface area contributed by atoms with Gasteiger partial charge in [-0.3, -0.25) is 4.90 Å². The number of nitrogens with zero attached hydrogens (tertiary/aromatic N) is 4. The second-order valence-corrected chi connectivity index (χ2v) is 10.2. The summed E-state index contributed by atoms with van der Waals surface area (Å²) in [5, 5.41) is 0.326. The van der Waals surface area contributed by atoms with Gasteiger partial charge in [0.1, 0.15) is 23.8 Å². The van der Waals surface area contributed by atoms with E-state index in [4.69, 9.17) is 21.1 Å². The van der Waals surface area contributed by atoms with Crippen LogP contribution in [-0.4, -0.2) is 52.2 Å². The summed E-state index contributed by atoms with van der Waals surface area (Å²) in [6.07, 6.45) is 1.69. The van der Waals surface area contributed by atoms with Crippen molar-refractivity contribution < 1.29 is 32.2 Å². The third-order valence-corrected chi connectivity index (χ3v) is 7.42. The van der Waals surface area contributed by atoms with E-state index in [-0.39, 0.29) is 29.4 Å². The number of hydrogen-bond acceptors (Lipinski definition) is 7. The number of imidazole rings is 1. The molecule has 0 radical (unpaired) electrons. The molecular formula is C29H28ClF3N4O4. The van der Waals surface area contributed by atoms with Gasteiger partial charge in [0.15, 0.2) is 5.75 Å². The largest absolute Gasteiger partial charge is 0.473 e. The number of alkyl halides is 2. The van der Waals surface area contributed by atoms with Gasteiger partial charge in [-0.1, -0.05) is 23.7 Å². The highest BCUT2D eigenvalue weighted by atomic mass is 35.5. The van der Waals surface area contributed by atoms with Crippen molar-refractivity contribution in [3.05, 3.63) is 82.0 Å². The van der Waals surface area contributed by atoms with Crippen molar-refractivity contribution in [2.24, 2.45) is 7.05 Å². The number of methoxy groups -OCH3 is 1. The Morgan fingerprint density at radius 1 is 1.12 bits per heavy atom. The number of aromatic nitrogens is 3. The molecule has 0 atom stereocenters. The molecule has 3 heterocycles. The number of aryl methyl sites for hydroxylation is 1. The van der Waals surface area contributed by atoms with Crippen LogP contribution in [0, 0.1) is 5.82 Å². The molecule has 1 fully saturated rings. The lowest BCUT2D eigenvalue weighted by atomic mass is 9.93. The van der Waals surface area contributed by atoms with Crippen LogP contribution in [0.1, 0.15) is 46.2 Å². The number of rotatable bonds is 9. The number of benzene rings is 2. The summed E-state index contributed by atoms with van der Waals surface area (Å²) in [5.74, 6) is 0.0376. The molecule has 1 saturated heterocycles. The molecule has 2 aromatic carbocycles. The van der Waals surface area contributed by atoms with E-state index < -0.39 is 18.4 Å². The molecule has 1 aliphatic rings. The molecule has 0 amide bonds. The molecule has 1 aliphatic heterocycles. The smallest absolute Gasteiger partial charge is 0.387 e. The maximum absolute atomic E-state index is 14.1. The topological polar surface area (TPSA) is 78.7 Å². The quantitative estimate of drug-likeness (QED) is 0.218. The van der Waals surface area contributed by atoms with Gasteiger partial charge in [0.2, 0.25) is 5.88 Å². The summed E-state index contributed by atoms with van der Waals surface area (Å²) in [4.78, 5) is 23.6. The summed E-state index contributed by atoms with van der Waals surface area (Å²) in [6, 6.07) is 12.8. The Bertz CT molecular complexity index is 1560. The second kappa shape index (κ2) is 12.4. The van der Waals surface area contributed by atoms with Crippen molar-refractivity contribution in [3.8, 4) is 11.6 Å². The summed E-state index contributed by atoms with van der Waals surface area (Å²) in [5.41, 5.74) is 2.15. The summed E-state index contributed by atoms with van der Waals surface area (Å²) < 4.78 is 57.2. The number of ether oxygens (including phenoxy) is 3. The Morgan fingerprint density at radius 3 is 2.61 bits per heavy atom. The lowest BCUT2D eigenvalue weighted by molar-refractivity contribution is -0.0489. The van der Waals surface area contributed by atoms with E-state index in [1.54, 1.807) is 35.9 Å². The van der Waals surface area contributed by atoms with Gasteiger partial charge in [-0.15, -0.1) is 0 Å². The van der Waals surface area contributed by atoms with Crippen LogP contribution in [0.15, 0.2) is 48.5 Å². The van der Waals surface area contributed by atoms with Gasteiger partial charge in [-0.2, -0.15) is 8.78 Å². The Labute approximate surface area is 239 Å². The predicted molar refractivity (Wildman–Crippen MR) is 146 cm³/mol. The standard InChI is InChI=1S/C29H28ClF3N4O4/c1-36-23-12-19(28(38)39-2)13-24(41-29(32)33)27(23)35-25(36)15-37-10-8-17(9-11-37)22-4-3-5-26(34-22)40-16-18-6-7-20(30)14-21(18)31/h3-7,12-14,17,29H,8-11,15-16H2,1-2H3. The highest BCUT2D eigenvalue weighted by Gasteiger charge is 2.25. The zero-order chi connectivity index (χ0) is 29.1. The highest BCUT2D eigenvalue weighted by Crippen LogP contribution is 2.32. The highest BCUT2D eigenvalue weighted by molar-refractivity contribution is 6.30. The fourth-order valence-corrected chi connectivity index (χ4v) is 5.14. The Balaban J connectivity index is 1.24.